The van der Waals surface area contributed by atoms with Crippen LogP contribution in [0.1, 0.15) is 69.8 Å². The topological polar surface area (TPSA) is 134 Å². The summed E-state index contributed by atoms with van der Waals surface area (Å²) in [6.45, 7) is 11.9. The fraction of sp³-hybridized carbons (Fsp3) is 0.444. The lowest BCUT2D eigenvalue weighted by Gasteiger charge is -2.29. The molecule has 0 amide bonds. The highest BCUT2D eigenvalue weighted by molar-refractivity contribution is 5.68. The Morgan fingerprint density at radius 1 is 0.911 bits per heavy atom. The van der Waals surface area contributed by atoms with Gasteiger partial charge in [-0.25, -0.2) is 4.39 Å². The van der Waals surface area contributed by atoms with Gasteiger partial charge in [0.1, 0.15) is 24.1 Å². The Hall–Kier alpha value is -3.79. The molecule has 0 radical (unpaired) electrons. The number of hydrogen-bond acceptors (Lipinski definition) is 7. The zero-order chi connectivity index (χ0) is 34.0. The number of halogens is 1. The van der Waals surface area contributed by atoms with Crippen LogP contribution in [0.2, 0.25) is 0 Å². The van der Waals surface area contributed by atoms with Crippen LogP contribution in [0.25, 0.3) is 11.1 Å². The molecular weight excluding hydrogens is 579 g/mol. The van der Waals surface area contributed by atoms with Gasteiger partial charge in [0, 0.05) is 31.6 Å². The molecule has 45 heavy (non-hydrogen) atoms. The predicted molar refractivity (Wildman–Crippen MR) is 177 cm³/mol. The first-order chi connectivity index (χ1) is 21.8. The van der Waals surface area contributed by atoms with Crippen LogP contribution in [-0.2, 0) is 9.59 Å². The van der Waals surface area contributed by atoms with E-state index in [9.17, 15) is 10.2 Å². The number of ether oxygens (including phenoxy) is 2. The Morgan fingerprint density at radius 2 is 1.42 bits per heavy atom. The van der Waals surface area contributed by atoms with Gasteiger partial charge < -0.3 is 34.7 Å². The minimum atomic E-state index is -0.250. The molecule has 0 atom stereocenters. The minimum Gasteiger partial charge on any atom is -0.493 e. The number of rotatable bonds is 15. The first kappa shape index (κ1) is 41.2. The fourth-order valence-corrected chi connectivity index (χ4v) is 4.98. The lowest BCUT2D eigenvalue weighted by Crippen LogP contribution is -2.13. The van der Waals surface area contributed by atoms with E-state index >= 15 is 4.39 Å². The highest BCUT2D eigenvalue weighted by atomic mass is 19.1. The molecule has 2 aromatic carbocycles. The van der Waals surface area contributed by atoms with Crippen LogP contribution in [0.5, 0.6) is 11.5 Å². The van der Waals surface area contributed by atoms with Crippen molar-refractivity contribution < 1.29 is 43.9 Å². The molecule has 0 heterocycles. The second kappa shape index (κ2) is 25.5. The summed E-state index contributed by atoms with van der Waals surface area (Å²) < 4.78 is 27.3. The Balaban J connectivity index is 0.00000256. The highest BCUT2D eigenvalue weighted by Gasteiger charge is 2.23. The molecule has 0 saturated heterocycles. The lowest BCUT2D eigenvalue weighted by molar-refractivity contribution is -0.122. The number of carbonyl (C=O) groups excluding carboxylic acids is 1. The van der Waals surface area contributed by atoms with Gasteiger partial charge in [0.25, 0.3) is 6.47 Å². The molecule has 0 aliphatic heterocycles. The zero-order valence-electron chi connectivity index (χ0n) is 26.8. The maximum atomic E-state index is 15.5. The van der Waals surface area contributed by atoms with Crippen molar-refractivity contribution in [3.8, 4) is 22.6 Å². The van der Waals surface area contributed by atoms with Crippen LogP contribution < -0.4 is 9.47 Å². The van der Waals surface area contributed by atoms with Gasteiger partial charge >= 0.3 is 0 Å². The first-order valence-corrected chi connectivity index (χ1v) is 15.0. The second-order valence-corrected chi connectivity index (χ2v) is 10.4. The third kappa shape index (κ3) is 16.2. The van der Waals surface area contributed by atoms with Gasteiger partial charge in [-0.3, -0.25) is 4.79 Å². The molecule has 2 aromatic rings. The average Bonchev–Trinajstić information content (AvgIpc) is 3.07. The first-order valence-electron chi connectivity index (χ1n) is 15.0. The Kier molecular flexibility index (Phi) is 23.4. The molecule has 250 valence electrons. The van der Waals surface area contributed by atoms with E-state index in [1.807, 2.05) is 25.0 Å². The number of hydrogen-bond donors (Lipinski definition) is 4. The number of carboxylic acid groups (broad SMARTS) is 1. The van der Waals surface area contributed by atoms with Crippen LogP contribution >= 0.6 is 0 Å². The van der Waals surface area contributed by atoms with E-state index in [4.69, 9.17) is 29.3 Å². The van der Waals surface area contributed by atoms with Crippen LogP contribution in [-0.4, -0.2) is 67.2 Å². The molecule has 0 aromatic heterocycles. The maximum Gasteiger partial charge on any atom is 0.290 e. The molecule has 3 rings (SSSR count). The summed E-state index contributed by atoms with van der Waals surface area (Å²) in [5.41, 5.74) is 3.63. The SMILES string of the molecule is C=C(CO)CCOc1cc(OCCC(=C)CO)cc(-c2ccc(C3CCC(CC/C=C/C)CC3)cc2F)c1.C=O.CO.O=CO. The molecule has 0 spiro atoms. The second-order valence-electron chi connectivity index (χ2n) is 10.4. The number of carbonyl (C=O) groups is 2. The summed E-state index contributed by atoms with van der Waals surface area (Å²) in [4.78, 5) is 16.4. The summed E-state index contributed by atoms with van der Waals surface area (Å²) in [5, 5.41) is 32.3. The van der Waals surface area contributed by atoms with E-state index in [-0.39, 0.29) is 25.5 Å². The van der Waals surface area contributed by atoms with E-state index in [0.29, 0.717) is 65.7 Å². The van der Waals surface area contributed by atoms with Crippen LogP contribution in [0.15, 0.2) is 72.9 Å². The summed E-state index contributed by atoms with van der Waals surface area (Å²) in [6.07, 6.45) is 12.4. The molecule has 8 nitrogen and oxygen atoms in total. The standard InChI is InChI=1S/C33H43FO4.CH2O2.CH4O.CH2O/c1-4-5-6-7-26-8-10-27(11-9-26)28-12-13-32(33(34)20-28)29-18-30(37-16-14-24(2)22-35)21-31(19-29)38-17-15-25(3)23-36;2-1-3;2*1-2/h4-5,12-13,18-21,26-27,35-36H,2-3,6-11,14-17,22-23H2,1H3;1H,(H,2,3);2H,1H3;1H2/b5-4+;;;. The van der Waals surface area contributed by atoms with Gasteiger partial charge in [-0.15, -0.1) is 0 Å². The third-order valence-corrected chi connectivity index (χ3v) is 7.38. The minimum absolute atomic E-state index is 0.0814. The molecule has 1 fully saturated rings. The zero-order valence-corrected chi connectivity index (χ0v) is 26.8. The van der Waals surface area contributed by atoms with Crippen molar-refractivity contribution in [3.05, 3.63) is 84.2 Å². The van der Waals surface area contributed by atoms with Crippen LogP contribution in [0, 0.1) is 11.7 Å². The number of aliphatic hydroxyl groups is 3. The summed E-state index contributed by atoms with van der Waals surface area (Å²) >= 11 is 0. The van der Waals surface area contributed by atoms with E-state index < -0.39 is 0 Å². The fourth-order valence-electron chi connectivity index (χ4n) is 4.98. The molecule has 0 bridgehead atoms. The van der Waals surface area contributed by atoms with Crippen molar-refractivity contribution in [1.82, 2.24) is 0 Å². The van der Waals surface area contributed by atoms with Crippen molar-refractivity contribution in [2.75, 3.05) is 33.5 Å². The normalized spacial score (nSPS) is 15.2. The van der Waals surface area contributed by atoms with Crippen molar-refractivity contribution in [1.29, 1.82) is 0 Å². The summed E-state index contributed by atoms with van der Waals surface area (Å²) in [6, 6.07) is 11.0. The summed E-state index contributed by atoms with van der Waals surface area (Å²) in [5.74, 6) is 2.05. The smallest absolute Gasteiger partial charge is 0.290 e. The van der Waals surface area contributed by atoms with Crippen LogP contribution in [0.4, 0.5) is 4.39 Å². The molecular formula is C36H51FO8. The molecule has 1 aliphatic rings. The molecule has 1 saturated carbocycles. The Morgan fingerprint density at radius 3 is 1.87 bits per heavy atom. The van der Waals surface area contributed by atoms with Crippen molar-refractivity contribution in [3.63, 3.8) is 0 Å². The van der Waals surface area contributed by atoms with Crippen molar-refractivity contribution in [2.24, 2.45) is 5.92 Å². The average molecular weight is 631 g/mol. The maximum absolute atomic E-state index is 15.5. The van der Waals surface area contributed by atoms with E-state index in [1.165, 1.54) is 19.3 Å². The van der Waals surface area contributed by atoms with E-state index in [1.54, 1.807) is 12.1 Å². The quantitative estimate of drug-likeness (QED) is 0.124. The largest absolute Gasteiger partial charge is 0.493 e. The van der Waals surface area contributed by atoms with Crippen LogP contribution in [0.3, 0.4) is 0 Å². The van der Waals surface area contributed by atoms with Gasteiger partial charge in [0.15, 0.2) is 0 Å². The molecule has 9 heteroatoms. The number of aliphatic hydroxyl groups excluding tert-OH is 3. The monoisotopic (exact) mass is 630 g/mol. The molecule has 4 N–H and O–H groups in total. The Labute approximate surface area is 267 Å². The van der Waals surface area contributed by atoms with E-state index in [0.717, 1.165) is 37.9 Å². The van der Waals surface area contributed by atoms with Gasteiger partial charge in [-0.05, 0) is 97.8 Å². The third-order valence-electron chi connectivity index (χ3n) is 7.38. The highest BCUT2D eigenvalue weighted by Crippen LogP contribution is 2.39. The van der Waals surface area contributed by atoms with Gasteiger partial charge in [0.05, 0.1) is 26.4 Å². The van der Waals surface area contributed by atoms with E-state index in [2.05, 4.69) is 38.3 Å². The predicted octanol–water partition coefficient (Wildman–Crippen LogP) is 6.88. The van der Waals surface area contributed by atoms with Gasteiger partial charge in [0.2, 0.25) is 0 Å². The Bertz CT molecular complexity index is 1120. The summed E-state index contributed by atoms with van der Waals surface area (Å²) in [7, 11) is 1.00. The number of benzene rings is 2. The van der Waals surface area contributed by atoms with Crippen molar-refractivity contribution in [2.45, 2.75) is 64.2 Å². The van der Waals surface area contributed by atoms with Crippen molar-refractivity contribution >= 4 is 13.3 Å². The lowest BCUT2D eigenvalue weighted by atomic mass is 9.77. The van der Waals surface area contributed by atoms with Gasteiger partial charge in [-0.2, -0.15) is 0 Å². The van der Waals surface area contributed by atoms with Gasteiger partial charge in [-0.1, -0.05) is 37.4 Å². The number of allylic oxidation sites excluding steroid dienone is 2. The molecule has 0 unspecified atom stereocenters. The molecule has 1 aliphatic carbocycles.